The molecule has 6 nitrogen and oxygen atoms in total. The van der Waals surface area contributed by atoms with E-state index in [1.165, 1.54) is 12.1 Å². The van der Waals surface area contributed by atoms with Gasteiger partial charge in [-0.05, 0) is 94.9 Å². The third-order valence-corrected chi connectivity index (χ3v) is 7.69. The van der Waals surface area contributed by atoms with Gasteiger partial charge in [-0.2, -0.15) is 0 Å². The number of pyridine rings is 1. The Bertz CT molecular complexity index is 1410. The molecule has 4 aromatic rings. The highest BCUT2D eigenvalue weighted by molar-refractivity contribution is 9.10. The first-order valence-corrected chi connectivity index (χ1v) is 13.3. The molecule has 2 saturated heterocycles. The number of hydrogen-bond acceptors (Lipinski definition) is 5. The molecule has 37 heavy (non-hydrogen) atoms. The van der Waals surface area contributed by atoms with E-state index >= 15 is 0 Å². The molecule has 2 atom stereocenters. The number of anilines is 2. The number of furan rings is 1. The zero-order chi connectivity index (χ0) is 25.4. The molecular weight excluding hydrogens is 555 g/mol. The van der Waals surface area contributed by atoms with Gasteiger partial charge in [-0.15, -0.1) is 0 Å². The standard InChI is InChI=1S/C28H24BrFN4O2S/c29-22-17-18(30)4-9-21(22)24-10-11-25(36-24)27-26(23-3-1-2-12-31-23)32-28(37)34(27)20-7-5-19(6-8-20)33-13-15-35-16-14-33/h1-12,17,26-27H,13-16H2,(H,32,37)/t26-,27+/m0/s1. The van der Waals surface area contributed by atoms with Crippen LogP contribution < -0.4 is 15.1 Å². The Morgan fingerprint density at radius 3 is 2.49 bits per heavy atom. The number of morpholine rings is 1. The van der Waals surface area contributed by atoms with Gasteiger partial charge in [-0.25, -0.2) is 4.39 Å². The molecule has 0 bridgehead atoms. The van der Waals surface area contributed by atoms with Crippen LogP contribution in [0.1, 0.15) is 23.5 Å². The highest BCUT2D eigenvalue weighted by Gasteiger charge is 2.42. The van der Waals surface area contributed by atoms with E-state index in [2.05, 4.69) is 60.3 Å². The Balaban J connectivity index is 1.38. The number of thiocarbonyl (C=S) groups is 1. The molecule has 0 aliphatic carbocycles. The molecule has 188 valence electrons. The van der Waals surface area contributed by atoms with E-state index in [9.17, 15) is 4.39 Å². The first kappa shape index (κ1) is 24.1. The quantitative estimate of drug-likeness (QED) is 0.280. The molecule has 2 aromatic heterocycles. The predicted octanol–water partition coefficient (Wildman–Crippen LogP) is 6.26. The Morgan fingerprint density at radius 1 is 0.973 bits per heavy atom. The molecule has 9 heteroatoms. The third kappa shape index (κ3) is 4.74. The average Bonchev–Trinajstić information content (AvgIpc) is 3.54. The molecule has 1 N–H and O–H groups in total. The summed E-state index contributed by atoms with van der Waals surface area (Å²) in [5.41, 5.74) is 3.75. The van der Waals surface area contributed by atoms with Crippen LogP contribution in [0.4, 0.5) is 15.8 Å². The molecule has 6 rings (SSSR count). The maximum Gasteiger partial charge on any atom is 0.174 e. The highest BCUT2D eigenvalue weighted by atomic mass is 79.9. The van der Waals surface area contributed by atoms with Gasteiger partial charge in [-0.3, -0.25) is 4.98 Å². The highest BCUT2D eigenvalue weighted by Crippen LogP contribution is 2.43. The number of rotatable bonds is 5. The topological polar surface area (TPSA) is 53.8 Å². The van der Waals surface area contributed by atoms with Gasteiger partial charge in [0.25, 0.3) is 0 Å². The number of halogens is 2. The Morgan fingerprint density at radius 2 is 1.76 bits per heavy atom. The van der Waals surface area contributed by atoms with E-state index in [4.69, 9.17) is 21.4 Å². The van der Waals surface area contributed by atoms with Crippen LogP contribution in [0.3, 0.4) is 0 Å². The van der Waals surface area contributed by atoms with Crippen molar-refractivity contribution in [1.29, 1.82) is 0 Å². The smallest absolute Gasteiger partial charge is 0.174 e. The van der Waals surface area contributed by atoms with Gasteiger partial charge >= 0.3 is 0 Å². The van der Waals surface area contributed by atoms with Gasteiger partial charge in [0.2, 0.25) is 0 Å². The van der Waals surface area contributed by atoms with Crippen LogP contribution in [0.5, 0.6) is 0 Å². The lowest BCUT2D eigenvalue weighted by molar-refractivity contribution is 0.122. The number of nitrogens with one attached hydrogen (secondary N) is 1. The number of nitrogens with zero attached hydrogens (tertiary/aromatic N) is 3. The van der Waals surface area contributed by atoms with Crippen molar-refractivity contribution < 1.29 is 13.5 Å². The van der Waals surface area contributed by atoms with Crippen molar-refractivity contribution in [2.24, 2.45) is 0 Å². The number of aromatic nitrogens is 1. The first-order valence-electron chi connectivity index (χ1n) is 12.1. The van der Waals surface area contributed by atoms with E-state index in [-0.39, 0.29) is 17.9 Å². The fraction of sp³-hybridized carbons (Fsp3) is 0.214. The second-order valence-corrected chi connectivity index (χ2v) is 10.2. The molecule has 0 unspecified atom stereocenters. The second-order valence-electron chi connectivity index (χ2n) is 8.94. The SMILES string of the molecule is Fc1ccc(-c2ccc([C@@H]3[C@H](c4ccccn4)NC(=S)N3c3ccc(N4CCOCC4)cc3)o2)c(Br)c1. The van der Waals surface area contributed by atoms with Crippen LogP contribution in [0, 0.1) is 5.82 Å². The molecule has 2 aromatic carbocycles. The van der Waals surface area contributed by atoms with Crippen molar-refractivity contribution in [3.8, 4) is 11.3 Å². The lowest BCUT2D eigenvalue weighted by Crippen LogP contribution is -2.36. The van der Waals surface area contributed by atoms with Gasteiger partial charge in [0.1, 0.15) is 23.4 Å². The second kappa shape index (κ2) is 10.2. The molecule has 2 aliphatic rings. The van der Waals surface area contributed by atoms with Crippen molar-refractivity contribution in [2.75, 3.05) is 36.1 Å². The Labute approximate surface area is 228 Å². The fourth-order valence-corrected chi connectivity index (χ4v) is 5.81. The Hall–Kier alpha value is -3.27. The minimum absolute atomic E-state index is 0.219. The average molecular weight is 579 g/mol. The van der Waals surface area contributed by atoms with Crippen LogP contribution in [-0.4, -0.2) is 36.4 Å². The summed E-state index contributed by atoms with van der Waals surface area (Å²) in [6.45, 7) is 3.23. The lowest BCUT2D eigenvalue weighted by Gasteiger charge is -2.30. The minimum atomic E-state index is -0.310. The predicted molar refractivity (Wildman–Crippen MR) is 149 cm³/mol. The summed E-state index contributed by atoms with van der Waals surface area (Å²) < 4.78 is 26.2. The molecule has 0 saturated carbocycles. The number of hydrogen-bond donors (Lipinski definition) is 1. The summed E-state index contributed by atoms with van der Waals surface area (Å²) in [5, 5.41) is 4.06. The monoisotopic (exact) mass is 578 g/mol. The summed E-state index contributed by atoms with van der Waals surface area (Å²) in [6, 6.07) is 22.2. The summed E-state index contributed by atoms with van der Waals surface area (Å²) in [6.07, 6.45) is 1.78. The number of benzene rings is 2. The van der Waals surface area contributed by atoms with Gasteiger partial charge in [0.05, 0.1) is 24.9 Å². The summed E-state index contributed by atoms with van der Waals surface area (Å²) in [4.78, 5) is 9.01. The van der Waals surface area contributed by atoms with Crippen LogP contribution in [0.2, 0.25) is 0 Å². The van der Waals surface area contributed by atoms with Crippen LogP contribution in [-0.2, 0) is 4.74 Å². The van der Waals surface area contributed by atoms with Crippen molar-refractivity contribution in [3.63, 3.8) is 0 Å². The largest absolute Gasteiger partial charge is 0.459 e. The van der Waals surface area contributed by atoms with Crippen LogP contribution >= 0.6 is 28.1 Å². The number of ether oxygens (including phenoxy) is 1. The van der Waals surface area contributed by atoms with Crippen molar-refractivity contribution in [3.05, 3.63) is 101 Å². The maximum atomic E-state index is 13.7. The van der Waals surface area contributed by atoms with Crippen molar-refractivity contribution in [2.45, 2.75) is 12.1 Å². The molecule has 2 fully saturated rings. The fourth-order valence-electron chi connectivity index (χ4n) is 4.91. The van der Waals surface area contributed by atoms with E-state index < -0.39 is 0 Å². The van der Waals surface area contributed by atoms with Crippen LogP contribution in [0.25, 0.3) is 11.3 Å². The summed E-state index contributed by atoms with van der Waals surface area (Å²) >= 11 is 9.30. The zero-order valence-electron chi connectivity index (χ0n) is 19.8. The van der Waals surface area contributed by atoms with E-state index in [0.717, 1.165) is 54.7 Å². The van der Waals surface area contributed by atoms with E-state index in [1.54, 1.807) is 12.3 Å². The van der Waals surface area contributed by atoms with Gasteiger partial charge in [0, 0.05) is 40.7 Å². The zero-order valence-corrected chi connectivity index (χ0v) is 22.2. The minimum Gasteiger partial charge on any atom is -0.459 e. The summed E-state index contributed by atoms with van der Waals surface area (Å²) in [7, 11) is 0. The molecule has 2 aliphatic heterocycles. The van der Waals surface area contributed by atoms with E-state index in [0.29, 0.717) is 15.3 Å². The van der Waals surface area contributed by atoms with Gasteiger partial charge in [0.15, 0.2) is 5.11 Å². The summed E-state index contributed by atoms with van der Waals surface area (Å²) in [5.74, 6) is 1.06. The normalized spacial score (nSPS) is 19.8. The maximum absolute atomic E-state index is 13.7. The van der Waals surface area contributed by atoms with Crippen LogP contribution in [0.15, 0.2) is 87.9 Å². The molecule has 4 heterocycles. The Kier molecular flexibility index (Phi) is 6.67. The first-order chi connectivity index (χ1) is 18.1. The molecule has 0 amide bonds. The van der Waals surface area contributed by atoms with Crippen molar-refractivity contribution in [1.82, 2.24) is 10.3 Å². The third-order valence-electron chi connectivity index (χ3n) is 6.72. The van der Waals surface area contributed by atoms with E-state index in [1.807, 2.05) is 30.3 Å². The lowest BCUT2D eigenvalue weighted by atomic mass is 10.0. The van der Waals surface area contributed by atoms with Crippen molar-refractivity contribution >= 4 is 44.6 Å². The molecular formula is C28H24BrFN4O2S. The van der Waals surface area contributed by atoms with Gasteiger partial charge in [-0.1, -0.05) is 6.07 Å². The molecule has 0 spiro atoms. The van der Waals surface area contributed by atoms with Gasteiger partial charge < -0.3 is 24.3 Å². The molecule has 0 radical (unpaired) electrons.